The molecule has 1 aliphatic rings. The standard InChI is InChI=1S/C18H22FNO4/c1-18(2,3)24-17(22)20-7-6-11(10-20)16(21)15-9-12-8-13(19)4-5-14(12)23-15/h4-5,8-9,11,16,21H,6-7,10H2,1-3H3. The average Bonchev–Trinajstić information content (AvgIpc) is 3.11. The van der Waals surface area contributed by atoms with E-state index in [0.29, 0.717) is 36.2 Å². The Bertz CT molecular complexity index is 749. The molecular formula is C18H22FNO4. The topological polar surface area (TPSA) is 62.9 Å². The van der Waals surface area contributed by atoms with Crippen LogP contribution in [0.3, 0.4) is 0 Å². The monoisotopic (exact) mass is 335 g/mol. The zero-order valence-electron chi connectivity index (χ0n) is 14.1. The molecule has 0 aliphatic carbocycles. The second kappa shape index (κ2) is 6.09. The number of nitrogens with zero attached hydrogens (tertiary/aromatic N) is 1. The number of furan rings is 1. The van der Waals surface area contributed by atoms with Gasteiger partial charge in [-0.25, -0.2) is 9.18 Å². The highest BCUT2D eigenvalue weighted by Gasteiger charge is 2.35. The number of fused-ring (bicyclic) bond motifs is 1. The van der Waals surface area contributed by atoms with E-state index in [1.54, 1.807) is 17.0 Å². The van der Waals surface area contributed by atoms with E-state index < -0.39 is 11.7 Å². The predicted octanol–water partition coefficient (Wildman–Crippen LogP) is 3.86. The van der Waals surface area contributed by atoms with E-state index in [1.165, 1.54) is 12.1 Å². The van der Waals surface area contributed by atoms with Gasteiger partial charge in [0.05, 0.1) is 0 Å². The third-order valence-corrected chi connectivity index (χ3v) is 4.11. The molecular weight excluding hydrogens is 313 g/mol. The molecule has 130 valence electrons. The summed E-state index contributed by atoms with van der Waals surface area (Å²) in [6, 6.07) is 5.89. The molecule has 0 radical (unpaired) electrons. The fourth-order valence-electron chi connectivity index (χ4n) is 2.95. The number of hydrogen-bond donors (Lipinski definition) is 1. The first-order chi connectivity index (χ1) is 11.2. The minimum absolute atomic E-state index is 0.136. The van der Waals surface area contributed by atoms with Crippen LogP contribution in [0.5, 0.6) is 0 Å². The van der Waals surface area contributed by atoms with E-state index in [0.717, 1.165) is 0 Å². The number of benzene rings is 1. The number of aliphatic hydroxyl groups is 1. The smallest absolute Gasteiger partial charge is 0.410 e. The van der Waals surface area contributed by atoms with Crippen molar-refractivity contribution in [3.63, 3.8) is 0 Å². The fraction of sp³-hybridized carbons (Fsp3) is 0.500. The number of carbonyl (C=O) groups is 1. The van der Waals surface area contributed by atoms with E-state index in [9.17, 15) is 14.3 Å². The van der Waals surface area contributed by atoms with Crippen molar-refractivity contribution in [3.05, 3.63) is 35.8 Å². The van der Waals surface area contributed by atoms with E-state index in [4.69, 9.17) is 9.15 Å². The number of likely N-dealkylation sites (tertiary alicyclic amines) is 1. The minimum Gasteiger partial charge on any atom is -0.458 e. The fourth-order valence-corrected chi connectivity index (χ4v) is 2.95. The van der Waals surface area contributed by atoms with Crippen LogP contribution in [0, 0.1) is 11.7 Å². The maximum atomic E-state index is 13.3. The first kappa shape index (κ1) is 16.8. The Hall–Kier alpha value is -2.08. The van der Waals surface area contributed by atoms with Gasteiger partial charge in [-0.2, -0.15) is 0 Å². The van der Waals surface area contributed by atoms with Crippen LogP contribution in [0.1, 0.15) is 39.1 Å². The van der Waals surface area contributed by atoms with Crippen LogP contribution in [-0.4, -0.2) is 34.8 Å². The van der Waals surface area contributed by atoms with Crippen molar-refractivity contribution in [1.82, 2.24) is 4.90 Å². The van der Waals surface area contributed by atoms with Crippen LogP contribution in [0.15, 0.2) is 28.7 Å². The Labute approximate surface area is 140 Å². The lowest BCUT2D eigenvalue weighted by atomic mass is 9.99. The van der Waals surface area contributed by atoms with E-state index in [1.807, 2.05) is 20.8 Å². The molecule has 1 fully saturated rings. The molecule has 24 heavy (non-hydrogen) atoms. The number of carbonyl (C=O) groups excluding carboxylic acids is 1. The summed E-state index contributed by atoms with van der Waals surface area (Å²) in [5, 5.41) is 11.2. The van der Waals surface area contributed by atoms with E-state index in [2.05, 4.69) is 0 Å². The molecule has 2 heterocycles. The summed E-state index contributed by atoms with van der Waals surface area (Å²) in [5.41, 5.74) is -0.0104. The van der Waals surface area contributed by atoms with Crippen LogP contribution in [0.4, 0.5) is 9.18 Å². The number of aliphatic hydroxyl groups excluding tert-OH is 1. The molecule has 0 spiro atoms. The Morgan fingerprint density at radius 2 is 2.17 bits per heavy atom. The van der Waals surface area contributed by atoms with Crippen molar-refractivity contribution in [2.75, 3.05) is 13.1 Å². The predicted molar refractivity (Wildman–Crippen MR) is 87.0 cm³/mol. The van der Waals surface area contributed by atoms with Gasteiger partial charge in [0, 0.05) is 24.4 Å². The highest BCUT2D eigenvalue weighted by atomic mass is 19.1. The highest BCUT2D eigenvalue weighted by molar-refractivity contribution is 5.78. The van der Waals surface area contributed by atoms with Crippen molar-refractivity contribution < 1.29 is 23.4 Å². The lowest BCUT2D eigenvalue weighted by Crippen LogP contribution is -2.35. The summed E-state index contributed by atoms with van der Waals surface area (Å²) in [5.74, 6) is -0.0872. The van der Waals surface area contributed by atoms with Crippen molar-refractivity contribution in [3.8, 4) is 0 Å². The van der Waals surface area contributed by atoms with Gasteiger partial charge in [-0.3, -0.25) is 0 Å². The van der Waals surface area contributed by atoms with Gasteiger partial charge in [0.2, 0.25) is 0 Å². The SMILES string of the molecule is CC(C)(C)OC(=O)N1CCC(C(O)c2cc3cc(F)ccc3o2)C1. The maximum absolute atomic E-state index is 13.3. The zero-order chi connectivity index (χ0) is 17.5. The van der Waals surface area contributed by atoms with Gasteiger partial charge < -0.3 is 19.2 Å². The summed E-state index contributed by atoms with van der Waals surface area (Å²) >= 11 is 0. The van der Waals surface area contributed by atoms with E-state index in [-0.39, 0.29) is 17.8 Å². The second-order valence-corrected chi connectivity index (χ2v) is 7.25. The van der Waals surface area contributed by atoms with Gasteiger partial charge in [0.25, 0.3) is 0 Å². The molecule has 2 atom stereocenters. The Morgan fingerprint density at radius 1 is 1.42 bits per heavy atom. The molecule has 2 aromatic rings. The largest absolute Gasteiger partial charge is 0.458 e. The normalized spacial score (nSPS) is 19.7. The summed E-state index contributed by atoms with van der Waals surface area (Å²) in [7, 11) is 0. The molecule has 0 bridgehead atoms. The number of rotatable bonds is 2. The Balaban J connectivity index is 1.69. The Kier molecular flexibility index (Phi) is 4.25. The third kappa shape index (κ3) is 3.53. The first-order valence-corrected chi connectivity index (χ1v) is 8.08. The summed E-state index contributed by atoms with van der Waals surface area (Å²) < 4.78 is 24.2. The third-order valence-electron chi connectivity index (χ3n) is 4.11. The van der Waals surface area contributed by atoms with Crippen LogP contribution in [-0.2, 0) is 4.74 Å². The molecule has 1 amide bonds. The zero-order valence-corrected chi connectivity index (χ0v) is 14.1. The van der Waals surface area contributed by atoms with Crippen LogP contribution >= 0.6 is 0 Å². The number of hydrogen-bond acceptors (Lipinski definition) is 4. The van der Waals surface area contributed by atoms with Crippen LogP contribution in [0.25, 0.3) is 11.0 Å². The molecule has 1 aromatic heterocycles. The second-order valence-electron chi connectivity index (χ2n) is 7.25. The summed E-state index contributed by atoms with van der Waals surface area (Å²) in [4.78, 5) is 13.7. The molecule has 2 unspecified atom stereocenters. The van der Waals surface area contributed by atoms with E-state index >= 15 is 0 Å². The van der Waals surface area contributed by atoms with Gasteiger partial charge in [-0.1, -0.05) is 0 Å². The number of amides is 1. The average molecular weight is 335 g/mol. The summed E-state index contributed by atoms with van der Waals surface area (Å²) in [6.45, 7) is 6.40. The highest BCUT2D eigenvalue weighted by Crippen LogP contribution is 2.33. The molecule has 1 N–H and O–H groups in total. The van der Waals surface area contributed by atoms with Crippen molar-refractivity contribution in [1.29, 1.82) is 0 Å². The lowest BCUT2D eigenvalue weighted by Gasteiger charge is -2.24. The lowest BCUT2D eigenvalue weighted by molar-refractivity contribution is 0.0261. The quantitative estimate of drug-likeness (QED) is 0.905. The maximum Gasteiger partial charge on any atom is 0.410 e. The van der Waals surface area contributed by atoms with Gasteiger partial charge in [-0.15, -0.1) is 0 Å². The Morgan fingerprint density at radius 3 is 2.88 bits per heavy atom. The summed E-state index contributed by atoms with van der Waals surface area (Å²) in [6.07, 6.45) is -0.553. The molecule has 1 aliphatic heterocycles. The van der Waals surface area contributed by atoms with Gasteiger partial charge in [-0.05, 0) is 51.5 Å². The molecule has 1 aromatic carbocycles. The molecule has 3 rings (SSSR count). The molecule has 6 heteroatoms. The van der Waals surface area contributed by atoms with Gasteiger partial charge in [0.15, 0.2) is 0 Å². The number of ether oxygens (including phenoxy) is 1. The van der Waals surface area contributed by atoms with Gasteiger partial charge >= 0.3 is 6.09 Å². The minimum atomic E-state index is -0.840. The van der Waals surface area contributed by atoms with Gasteiger partial charge in [0.1, 0.15) is 28.9 Å². The molecule has 5 nitrogen and oxygen atoms in total. The van der Waals surface area contributed by atoms with Crippen molar-refractivity contribution in [2.24, 2.45) is 5.92 Å². The van der Waals surface area contributed by atoms with Crippen LogP contribution in [0.2, 0.25) is 0 Å². The first-order valence-electron chi connectivity index (χ1n) is 8.08. The molecule has 0 saturated carbocycles. The molecule has 1 saturated heterocycles. The number of halogens is 1. The van der Waals surface area contributed by atoms with Crippen molar-refractivity contribution in [2.45, 2.75) is 38.9 Å². The van der Waals surface area contributed by atoms with Crippen LogP contribution < -0.4 is 0 Å². The van der Waals surface area contributed by atoms with Crippen molar-refractivity contribution >= 4 is 17.1 Å².